The van der Waals surface area contributed by atoms with E-state index in [2.05, 4.69) is 15.6 Å². The highest BCUT2D eigenvalue weighted by Crippen LogP contribution is 2.31. The fraction of sp³-hybridized carbons (Fsp3) is 0.211. The van der Waals surface area contributed by atoms with Crippen molar-refractivity contribution in [3.63, 3.8) is 0 Å². The number of thiazole rings is 1. The van der Waals surface area contributed by atoms with Crippen molar-refractivity contribution in [1.82, 2.24) is 15.6 Å². The number of amides is 2. The molecular weight excluding hydrogens is 407 g/mol. The van der Waals surface area contributed by atoms with Gasteiger partial charge in [0.2, 0.25) is 5.91 Å². The molecule has 0 aliphatic heterocycles. The molecule has 2 N–H and O–H groups in total. The number of hydrogen-bond acceptors (Lipinski definition) is 5. The first-order chi connectivity index (χ1) is 13.8. The first kappa shape index (κ1) is 20.6. The van der Waals surface area contributed by atoms with E-state index in [1.807, 2.05) is 0 Å². The van der Waals surface area contributed by atoms with E-state index in [0.717, 1.165) is 12.1 Å². The molecule has 0 unspecified atom stereocenters. The number of aromatic nitrogens is 1. The molecular formula is C19H16F3N3O3S. The standard InChI is InChI=1S/C19H16F3N3O3S/c20-19(21,22)13-5-3-12(4-6-13)18-25-14(11-29-18)10-16(26)23-7-8-24-17(27)15-2-1-9-28-15/h1-6,9,11H,7-8,10H2,(H,23,26)(H,24,27). The Morgan fingerprint density at radius 3 is 2.45 bits per heavy atom. The lowest BCUT2D eigenvalue weighted by molar-refractivity contribution is -0.137. The zero-order valence-corrected chi connectivity index (χ0v) is 15.8. The second kappa shape index (κ2) is 8.91. The summed E-state index contributed by atoms with van der Waals surface area (Å²) in [5.74, 6) is -0.457. The normalized spacial score (nSPS) is 11.3. The first-order valence-electron chi connectivity index (χ1n) is 8.53. The third-order valence-electron chi connectivity index (χ3n) is 3.83. The van der Waals surface area contributed by atoms with Crippen LogP contribution in [0.5, 0.6) is 0 Å². The van der Waals surface area contributed by atoms with Gasteiger partial charge in [0.25, 0.3) is 5.91 Å². The number of alkyl halides is 3. The predicted octanol–water partition coefficient (Wildman–Crippen LogP) is 3.51. The predicted molar refractivity (Wildman–Crippen MR) is 100 cm³/mol. The van der Waals surface area contributed by atoms with Crippen molar-refractivity contribution in [2.75, 3.05) is 13.1 Å². The molecule has 0 fully saturated rings. The Balaban J connectivity index is 1.46. The fourth-order valence-electron chi connectivity index (χ4n) is 2.42. The van der Waals surface area contributed by atoms with Gasteiger partial charge in [-0.15, -0.1) is 11.3 Å². The van der Waals surface area contributed by atoms with Gasteiger partial charge >= 0.3 is 6.18 Å². The van der Waals surface area contributed by atoms with Crippen molar-refractivity contribution >= 4 is 23.2 Å². The van der Waals surface area contributed by atoms with E-state index in [9.17, 15) is 22.8 Å². The molecule has 0 aliphatic carbocycles. The molecule has 2 aromatic heterocycles. The lowest BCUT2D eigenvalue weighted by atomic mass is 10.1. The minimum absolute atomic E-state index is 0.0310. The summed E-state index contributed by atoms with van der Waals surface area (Å²) in [7, 11) is 0. The van der Waals surface area contributed by atoms with Gasteiger partial charge in [0.05, 0.1) is 23.9 Å². The second-order valence-corrected chi connectivity index (χ2v) is 6.84. The van der Waals surface area contributed by atoms with Crippen molar-refractivity contribution < 1.29 is 27.2 Å². The maximum atomic E-state index is 12.6. The van der Waals surface area contributed by atoms with E-state index >= 15 is 0 Å². The third kappa shape index (κ3) is 5.67. The Morgan fingerprint density at radius 1 is 1.07 bits per heavy atom. The van der Waals surface area contributed by atoms with Gasteiger partial charge in [-0.25, -0.2) is 4.98 Å². The van der Waals surface area contributed by atoms with E-state index in [-0.39, 0.29) is 37.1 Å². The lowest BCUT2D eigenvalue weighted by Gasteiger charge is -2.06. The van der Waals surface area contributed by atoms with Crippen LogP contribution in [-0.4, -0.2) is 29.9 Å². The minimum Gasteiger partial charge on any atom is -0.459 e. The number of hydrogen-bond donors (Lipinski definition) is 2. The molecule has 0 spiro atoms. The van der Waals surface area contributed by atoms with Crippen molar-refractivity contribution in [3.8, 4) is 10.6 Å². The fourth-order valence-corrected chi connectivity index (χ4v) is 3.25. The van der Waals surface area contributed by atoms with Gasteiger partial charge in [-0.05, 0) is 24.3 Å². The van der Waals surface area contributed by atoms with Crippen LogP contribution in [0.1, 0.15) is 21.8 Å². The van der Waals surface area contributed by atoms with Crippen LogP contribution in [0.2, 0.25) is 0 Å². The van der Waals surface area contributed by atoms with Crippen LogP contribution >= 0.6 is 11.3 Å². The number of nitrogens with zero attached hydrogens (tertiary/aromatic N) is 1. The molecule has 10 heteroatoms. The summed E-state index contributed by atoms with van der Waals surface area (Å²) >= 11 is 1.25. The molecule has 0 aliphatic rings. The summed E-state index contributed by atoms with van der Waals surface area (Å²) in [6.45, 7) is 0.473. The summed E-state index contributed by atoms with van der Waals surface area (Å²) in [4.78, 5) is 27.9. The quantitative estimate of drug-likeness (QED) is 0.570. The monoisotopic (exact) mass is 423 g/mol. The minimum atomic E-state index is -4.39. The largest absolute Gasteiger partial charge is 0.459 e. The number of nitrogens with one attached hydrogen (secondary N) is 2. The number of halogens is 3. The molecule has 0 saturated carbocycles. The molecule has 3 aromatic rings. The summed E-state index contributed by atoms with van der Waals surface area (Å²) < 4.78 is 42.8. The molecule has 0 atom stereocenters. The first-order valence-corrected chi connectivity index (χ1v) is 9.41. The summed E-state index contributed by atoms with van der Waals surface area (Å²) in [6, 6.07) is 7.84. The molecule has 3 rings (SSSR count). The van der Waals surface area contributed by atoms with Crippen LogP contribution in [0.3, 0.4) is 0 Å². The van der Waals surface area contributed by atoms with Crippen LogP contribution in [0.25, 0.3) is 10.6 Å². The van der Waals surface area contributed by atoms with Crippen molar-refractivity contribution in [1.29, 1.82) is 0 Å². The summed E-state index contributed by atoms with van der Waals surface area (Å²) in [5.41, 5.74) is 0.342. The molecule has 0 saturated heterocycles. The second-order valence-electron chi connectivity index (χ2n) is 5.98. The maximum Gasteiger partial charge on any atom is 0.416 e. The Labute approximate surface area is 167 Å². The van der Waals surface area contributed by atoms with Crippen molar-refractivity contribution in [3.05, 3.63) is 65.1 Å². The Morgan fingerprint density at radius 2 is 1.79 bits per heavy atom. The smallest absolute Gasteiger partial charge is 0.416 e. The molecule has 0 radical (unpaired) electrons. The highest BCUT2D eigenvalue weighted by atomic mass is 32.1. The van der Waals surface area contributed by atoms with Gasteiger partial charge in [-0.1, -0.05) is 12.1 Å². The molecule has 29 heavy (non-hydrogen) atoms. The SMILES string of the molecule is O=C(Cc1csc(-c2ccc(C(F)(F)F)cc2)n1)NCCNC(=O)c1ccco1. The van der Waals surface area contributed by atoms with Crippen LogP contribution < -0.4 is 10.6 Å². The average Bonchev–Trinajstić information content (AvgIpc) is 3.37. The van der Waals surface area contributed by atoms with Gasteiger partial charge in [0.15, 0.2) is 5.76 Å². The Bertz CT molecular complexity index is 967. The number of furan rings is 1. The molecule has 152 valence electrons. The van der Waals surface area contributed by atoms with Crippen LogP contribution in [-0.2, 0) is 17.4 Å². The third-order valence-corrected chi connectivity index (χ3v) is 4.77. The maximum absolute atomic E-state index is 12.6. The topological polar surface area (TPSA) is 84.2 Å². The number of rotatable bonds is 7. The molecule has 0 bridgehead atoms. The summed E-state index contributed by atoms with van der Waals surface area (Å²) in [6.07, 6.45) is -2.96. The number of carbonyl (C=O) groups is 2. The van der Waals surface area contributed by atoms with Gasteiger partial charge in [-0.2, -0.15) is 13.2 Å². The van der Waals surface area contributed by atoms with Crippen molar-refractivity contribution in [2.45, 2.75) is 12.6 Å². The molecule has 2 amide bonds. The Kier molecular flexibility index (Phi) is 6.32. The van der Waals surface area contributed by atoms with Gasteiger partial charge in [0, 0.05) is 24.0 Å². The van der Waals surface area contributed by atoms with Gasteiger partial charge < -0.3 is 15.1 Å². The van der Waals surface area contributed by atoms with Crippen LogP contribution in [0, 0.1) is 0 Å². The summed E-state index contributed by atoms with van der Waals surface area (Å²) in [5, 5.41) is 7.48. The molecule has 2 heterocycles. The number of benzene rings is 1. The van der Waals surface area contributed by atoms with E-state index in [0.29, 0.717) is 16.3 Å². The highest BCUT2D eigenvalue weighted by Gasteiger charge is 2.30. The van der Waals surface area contributed by atoms with E-state index < -0.39 is 11.7 Å². The Hall–Kier alpha value is -3.14. The molecule has 6 nitrogen and oxygen atoms in total. The van der Waals surface area contributed by atoms with E-state index in [4.69, 9.17) is 4.42 Å². The van der Waals surface area contributed by atoms with Gasteiger partial charge in [0.1, 0.15) is 5.01 Å². The lowest BCUT2D eigenvalue weighted by Crippen LogP contribution is -2.35. The van der Waals surface area contributed by atoms with E-state index in [1.165, 1.54) is 35.8 Å². The zero-order chi connectivity index (χ0) is 20.9. The van der Waals surface area contributed by atoms with Crippen LogP contribution in [0.15, 0.2) is 52.5 Å². The van der Waals surface area contributed by atoms with Gasteiger partial charge in [-0.3, -0.25) is 9.59 Å². The van der Waals surface area contributed by atoms with Crippen molar-refractivity contribution in [2.24, 2.45) is 0 Å². The average molecular weight is 423 g/mol. The van der Waals surface area contributed by atoms with E-state index in [1.54, 1.807) is 11.4 Å². The molecule has 1 aromatic carbocycles. The highest BCUT2D eigenvalue weighted by molar-refractivity contribution is 7.13. The zero-order valence-electron chi connectivity index (χ0n) is 15.0. The van der Waals surface area contributed by atoms with Crippen LogP contribution in [0.4, 0.5) is 13.2 Å². The number of carbonyl (C=O) groups excluding carboxylic acids is 2.